The van der Waals surface area contributed by atoms with Crippen molar-refractivity contribution in [1.82, 2.24) is 20.2 Å². The molecule has 0 saturated carbocycles. The minimum absolute atomic E-state index is 0.306. The van der Waals surface area contributed by atoms with Crippen LogP contribution >= 0.6 is 11.3 Å². The van der Waals surface area contributed by atoms with E-state index in [4.69, 9.17) is 0 Å². The molecule has 3 rings (SSSR count). The molecule has 0 saturated heterocycles. The standard InChI is InChI=1S/C13H9N5OS/c19-11(10-5-1-2-7-15-10)16-13-18-17-12(20-13)9-4-3-6-14-8-9/h1-8H,(H,16,18,19). The largest absolute Gasteiger partial charge is 0.295 e. The minimum Gasteiger partial charge on any atom is -0.295 e. The van der Waals surface area contributed by atoms with Gasteiger partial charge in [0.15, 0.2) is 5.01 Å². The lowest BCUT2D eigenvalue weighted by Crippen LogP contribution is -2.13. The topological polar surface area (TPSA) is 80.7 Å². The highest BCUT2D eigenvalue weighted by Gasteiger charge is 2.11. The number of carbonyl (C=O) groups excluding carboxylic acids is 1. The molecule has 0 fully saturated rings. The summed E-state index contributed by atoms with van der Waals surface area (Å²) in [4.78, 5) is 19.9. The Hall–Kier alpha value is -2.67. The summed E-state index contributed by atoms with van der Waals surface area (Å²) in [5.74, 6) is -0.306. The SMILES string of the molecule is O=C(Nc1nnc(-c2cccnc2)s1)c1ccccn1. The normalized spacial score (nSPS) is 10.2. The number of hydrogen-bond donors (Lipinski definition) is 1. The maximum atomic E-state index is 11.9. The molecule has 0 aliphatic rings. The van der Waals surface area contributed by atoms with Gasteiger partial charge in [-0.15, -0.1) is 10.2 Å². The van der Waals surface area contributed by atoms with Gasteiger partial charge < -0.3 is 0 Å². The van der Waals surface area contributed by atoms with Gasteiger partial charge in [-0.05, 0) is 24.3 Å². The van der Waals surface area contributed by atoms with Crippen LogP contribution in [0, 0.1) is 0 Å². The van der Waals surface area contributed by atoms with Gasteiger partial charge in [0.05, 0.1) is 0 Å². The summed E-state index contributed by atoms with van der Waals surface area (Å²) in [6, 6.07) is 8.85. The lowest BCUT2D eigenvalue weighted by atomic mass is 10.3. The third kappa shape index (κ3) is 2.67. The van der Waals surface area contributed by atoms with Gasteiger partial charge in [0, 0.05) is 24.2 Å². The molecular formula is C13H9N5OS. The molecule has 7 heteroatoms. The van der Waals surface area contributed by atoms with E-state index in [1.807, 2.05) is 12.1 Å². The summed E-state index contributed by atoms with van der Waals surface area (Å²) >= 11 is 1.29. The molecule has 3 heterocycles. The molecule has 3 aromatic heterocycles. The molecular weight excluding hydrogens is 274 g/mol. The van der Waals surface area contributed by atoms with Crippen LogP contribution in [0.2, 0.25) is 0 Å². The number of rotatable bonds is 3. The number of nitrogens with zero attached hydrogens (tertiary/aromatic N) is 4. The van der Waals surface area contributed by atoms with Crippen molar-refractivity contribution in [1.29, 1.82) is 0 Å². The van der Waals surface area contributed by atoms with E-state index in [2.05, 4.69) is 25.5 Å². The Morgan fingerprint density at radius 1 is 1.10 bits per heavy atom. The van der Waals surface area contributed by atoms with E-state index in [1.165, 1.54) is 11.3 Å². The second-order valence-electron chi connectivity index (χ2n) is 3.82. The summed E-state index contributed by atoms with van der Waals surface area (Å²) in [5.41, 5.74) is 1.20. The van der Waals surface area contributed by atoms with Gasteiger partial charge in [-0.25, -0.2) is 0 Å². The predicted octanol–water partition coefficient (Wildman–Crippen LogP) is 2.25. The van der Waals surface area contributed by atoms with Crippen molar-refractivity contribution >= 4 is 22.4 Å². The quantitative estimate of drug-likeness (QED) is 0.797. The van der Waals surface area contributed by atoms with Crippen molar-refractivity contribution < 1.29 is 4.79 Å². The third-order valence-corrected chi connectivity index (χ3v) is 3.34. The molecule has 0 radical (unpaired) electrons. The maximum Gasteiger partial charge on any atom is 0.276 e. The third-order valence-electron chi connectivity index (χ3n) is 2.45. The highest BCUT2D eigenvalue weighted by molar-refractivity contribution is 7.18. The monoisotopic (exact) mass is 283 g/mol. The minimum atomic E-state index is -0.306. The molecule has 1 N–H and O–H groups in total. The van der Waals surface area contributed by atoms with Gasteiger partial charge in [-0.2, -0.15) is 0 Å². The van der Waals surface area contributed by atoms with E-state index in [0.717, 1.165) is 5.56 Å². The van der Waals surface area contributed by atoms with Crippen LogP contribution in [0.15, 0.2) is 48.9 Å². The summed E-state index contributed by atoms with van der Waals surface area (Å²) in [6.07, 6.45) is 4.95. The zero-order chi connectivity index (χ0) is 13.8. The van der Waals surface area contributed by atoms with E-state index < -0.39 is 0 Å². The van der Waals surface area contributed by atoms with E-state index in [1.54, 1.807) is 36.8 Å². The zero-order valence-electron chi connectivity index (χ0n) is 10.2. The second-order valence-corrected chi connectivity index (χ2v) is 4.80. The fourth-order valence-electron chi connectivity index (χ4n) is 1.54. The van der Waals surface area contributed by atoms with Crippen molar-refractivity contribution in [3.63, 3.8) is 0 Å². The Kier molecular flexibility index (Phi) is 3.42. The number of hydrogen-bond acceptors (Lipinski definition) is 6. The van der Waals surface area contributed by atoms with Gasteiger partial charge in [0.2, 0.25) is 5.13 Å². The molecule has 0 atom stereocenters. The van der Waals surface area contributed by atoms with Crippen LogP contribution in [-0.2, 0) is 0 Å². The molecule has 98 valence electrons. The first-order chi connectivity index (χ1) is 9.83. The first-order valence-electron chi connectivity index (χ1n) is 5.79. The number of carbonyl (C=O) groups is 1. The molecule has 0 spiro atoms. The van der Waals surface area contributed by atoms with Crippen LogP contribution in [0.4, 0.5) is 5.13 Å². The second kappa shape index (κ2) is 5.54. The van der Waals surface area contributed by atoms with Crippen molar-refractivity contribution in [2.45, 2.75) is 0 Å². The molecule has 0 unspecified atom stereocenters. The van der Waals surface area contributed by atoms with E-state index in [0.29, 0.717) is 15.8 Å². The highest BCUT2D eigenvalue weighted by Crippen LogP contribution is 2.25. The van der Waals surface area contributed by atoms with Gasteiger partial charge >= 0.3 is 0 Å². The smallest absolute Gasteiger partial charge is 0.276 e. The molecule has 1 amide bonds. The Bertz CT molecular complexity index is 714. The number of nitrogens with one attached hydrogen (secondary N) is 1. The van der Waals surface area contributed by atoms with Crippen LogP contribution < -0.4 is 5.32 Å². The van der Waals surface area contributed by atoms with Crippen LogP contribution in [0.25, 0.3) is 10.6 Å². The zero-order valence-corrected chi connectivity index (χ0v) is 11.0. The van der Waals surface area contributed by atoms with E-state index in [-0.39, 0.29) is 5.91 Å². The average molecular weight is 283 g/mol. The molecule has 6 nitrogen and oxygen atoms in total. The maximum absolute atomic E-state index is 11.9. The summed E-state index contributed by atoms with van der Waals surface area (Å²) in [7, 11) is 0. The number of aromatic nitrogens is 4. The Balaban J connectivity index is 1.77. The van der Waals surface area contributed by atoms with Crippen LogP contribution in [0.1, 0.15) is 10.5 Å². The molecule has 0 aliphatic heterocycles. The molecule has 0 bridgehead atoms. The number of amides is 1. The Morgan fingerprint density at radius 2 is 2.05 bits per heavy atom. The van der Waals surface area contributed by atoms with Crippen molar-refractivity contribution in [2.24, 2.45) is 0 Å². The molecule has 3 aromatic rings. The van der Waals surface area contributed by atoms with Crippen LogP contribution in [0.5, 0.6) is 0 Å². The Morgan fingerprint density at radius 3 is 2.80 bits per heavy atom. The first kappa shape index (κ1) is 12.4. The van der Waals surface area contributed by atoms with Crippen molar-refractivity contribution in [2.75, 3.05) is 5.32 Å². The Labute approximate surface area is 118 Å². The molecule has 20 heavy (non-hydrogen) atoms. The van der Waals surface area contributed by atoms with Crippen LogP contribution in [-0.4, -0.2) is 26.1 Å². The van der Waals surface area contributed by atoms with Gasteiger partial charge in [-0.3, -0.25) is 20.1 Å². The first-order valence-corrected chi connectivity index (χ1v) is 6.61. The predicted molar refractivity (Wildman–Crippen MR) is 75.3 cm³/mol. The van der Waals surface area contributed by atoms with Crippen molar-refractivity contribution in [3.8, 4) is 10.6 Å². The van der Waals surface area contributed by atoms with E-state index >= 15 is 0 Å². The fraction of sp³-hybridized carbons (Fsp3) is 0. The average Bonchev–Trinajstić information content (AvgIpc) is 2.97. The van der Waals surface area contributed by atoms with Crippen LogP contribution in [0.3, 0.4) is 0 Å². The lowest BCUT2D eigenvalue weighted by molar-refractivity contribution is 0.102. The summed E-state index contributed by atoms with van der Waals surface area (Å²) in [5, 5.41) is 11.8. The fourth-order valence-corrected chi connectivity index (χ4v) is 2.27. The lowest BCUT2D eigenvalue weighted by Gasteiger charge is -1.98. The van der Waals surface area contributed by atoms with Gasteiger partial charge in [0.25, 0.3) is 5.91 Å². The summed E-state index contributed by atoms with van der Waals surface area (Å²) in [6.45, 7) is 0. The van der Waals surface area contributed by atoms with Crippen molar-refractivity contribution in [3.05, 3.63) is 54.6 Å². The molecule has 0 aromatic carbocycles. The highest BCUT2D eigenvalue weighted by atomic mass is 32.1. The number of pyridine rings is 2. The number of anilines is 1. The summed E-state index contributed by atoms with van der Waals surface area (Å²) < 4.78 is 0. The van der Waals surface area contributed by atoms with Gasteiger partial charge in [-0.1, -0.05) is 17.4 Å². The van der Waals surface area contributed by atoms with Gasteiger partial charge in [0.1, 0.15) is 5.69 Å². The molecule has 0 aliphatic carbocycles. The van der Waals surface area contributed by atoms with E-state index in [9.17, 15) is 4.79 Å².